The van der Waals surface area contributed by atoms with Gasteiger partial charge in [-0.15, -0.1) is 0 Å². The molecule has 0 heterocycles. The van der Waals surface area contributed by atoms with E-state index in [9.17, 15) is 0 Å². The summed E-state index contributed by atoms with van der Waals surface area (Å²) in [5, 5.41) is 0. The van der Waals surface area contributed by atoms with Gasteiger partial charge in [-0.05, 0) is 51.9 Å². The van der Waals surface area contributed by atoms with Crippen LogP contribution in [0.5, 0.6) is 0 Å². The fourth-order valence-electron chi connectivity index (χ4n) is 4.10. The van der Waals surface area contributed by atoms with Crippen LogP contribution >= 0.6 is 0 Å². The largest absolute Gasteiger partial charge is 0.273 e. The zero-order chi connectivity index (χ0) is 18.4. The lowest BCUT2D eigenvalue weighted by molar-refractivity contribution is -0.171. The Morgan fingerprint density at radius 2 is 0.708 bits per heavy atom. The molecule has 0 fully saturated rings. The van der Waals surface area contributed by atoms with Gasteiger partial charge in [-0.3, -0.25) is 14.7 Å². The molecule has 0 unspecified atom stereocenters. The Bertz CT molecular complexity index is 221. The Kier molecular flexibility index (Phi) is 14.0. The summed E-state index contributed by atoms with van der Waals surface area (Å²) in [6, 6.07) is 0. The third-order valence-corrected chi connectivity index (χ3v) is 4.82. The first-order valence-corrected chi connectivity index (χ1v) is 10.7. The molecule has 0 aromatic carbocycles. The fraction of sp³-hybridized carbons (Fsp3) is 0.952. The van der Waals surface area contributed by atoms with Crippen LogP contribution in [-0.2, 0) is 0 Å². The van der Waals surface area contributed by atoms with Crippen molar-refractivity contribution in [3.8, 4) is 0 Å². The van der Waals surface area contributed by atoms with Crippen molar-refractivity contribution in [3.63, 3.8) is 0 Å². The topological polar surface area (TPSA) is 9.72 Å². The Hall–Kier alpha value is -0.120. The highest BCUT2D eigenvalue weighted by molar-refractivity contribution is 4.92. The second-order valence-corrected chi connectivity index (χ2v) is 6.99. The third kappa shape index (κ3) is 6.31. The van der Waals surface area contributed by atoms with Crippen molar-refractivity contribution in [3.05, 3.63) is 6.92 Å². The van der Waals surface area contributed by atoms with Gasteiger partial charge >= 0.3 is 0 Å². The van der Waals surface area contributed by atoms with Gasteiger partial charge in [0.2, 0.25) is 0 Å². The van der Waals surface area contributed by atoms with E-state index in [1.807, 2.05) is 0 Å². The highest BCUT2D eigenvalue weighted by Gasteiger charge is 2.44. The van der Waals surface area contributed by atoms with Crippen molar-refractivity contribution >= 4 is 0 Å². The molecule has 0 aromatic heterocycles. The minimum atomic E-state index is -0.00986. The molecule has 0 aromatic rings. The van der Waals surface area contributed by atoms with Crippen molar-refractivity contribution in [2.75, 3.05) is 39.3 Å². The zero-order valence-corrected chi connectivity index (χ0v) is 17.7. The van der Waals surface area contributed by atoms with Crippen LogP contribution in [0, 0.1) is 6.92 Å². The van der Waals surface area contributed by atoms with Crippen molar-refractivity contribution in [1.82, 2.24) is 14.7 Å². The van der Waals surface area contributed by atoms with E-state index in [1.165, 1.54) is 38.5 Å². The number of hydrogen-bond acceptors (Lipinski definition) is 3. The van der Waals surface area contributed by atoms with Crippen LogP contribution in [0.25, 0.3) is 0 Å². The molecule has 0 aliphatic heterocycles. The lowest BCUT2D eigenvalue weighted by Crippen LogP contribution is -2.70. The van der Waals surface area contributed by atoms with E-state index in [4.69, 9.17) is 0 Å². The maximum Gasteiger partial charge on any atom is 0.131 e. The molecule has 24 heavy (non-hydrogen) atoms. The highest BCUT2D eigenvalue weighted by Crippen LogP contribution is 2.31. The van der Waals surface area contributed by atoms with Crippen LogP contribution in [0.2, 0.25) is 0 Å². The summed E-state index contributed by atoms with van der Waals surface area (Å²) >= 11 is 0. The average molecular weight is 341 g/mol. The van der Waals surface area contributed by atoms with E-state index in [2.05, 4.69) is 63.2 Å². The van der Waals surface area contributed by atoms with Crippen LogP contribution in [0.15, 0.2) is 0 Å². The monoisotopic (exact) mass is 340 g/mol. The Morgan fingerprint density at radius 1 is 0.500 bits per heavy atom. The molecule has 0 aliphatic rings. The Balaban J connectivity index is 5.99. The van der Waals surface area contributed by atoms with Gasteiger partial charge in [-0.25, -0.2) is 0 Å². The molecule has 0 rings (SSSR count). The molecule has 0 aliphatic carbocycles. The van der Waals surface area contributed by atoms with E-state index >= 15 is 0 Å². The molecule has 0 bridgehead atoms. The predicted molar refractivity (Wildman–Crippen MR) is 109 cm³/mol. The van der Waals surface area contributed by atoms with Crippen LogP contribution in [-0.4, -0.2) is 59.8 Å². The summed E-state index contributed by atoms with van der Waals surface area (Å²) in [6.45, 7) is 25.3. The normalized spacial score (nSPS) is 12.8. The first-order chi connectivity index (χ1) is 11.6. The lowest BCUT2D eigenvalue weighted by atomic mass is 10.1. The minimum Gasteiger partial charge on any atom is -0.273 e. The average Bonchev–Trinajstić information content (AvgIpc) is 2.57. The van der Waals surface area contributed by atoms with Crippen LogP contribution in [0.1, 0.15) is 86.5 Å². The molecule has 0 amide bonds. The van der Waals surface area contributed by atoms with Crippen LogP contribution in [0.3, 0.4) is 0 Å². The summed E-state index contributed by atoms with van der Waals surface area (Å²) in [6.07, 6.45) is 8.19. The third-order valence-electron chi connectivity index (χ3n) is 4.82. The summed E-state index contributed by atoms with van der Waals surface area (Å²) in [4.78, 5) is 8.24. The molecule has 145 valence electrons. The predicted octanol–water partition coefficient (Wildman–Crippen LogP) is 5.23. The van der Waals surface area contributed by atoms with Gasteiger partial charge in [0.1, 0.15) is 5.79 Å². The highest BCUT2D eigenvalue weighted by atomic mass is 15.6. The molecular weight excluding hydrogens is 294 g/mol. The minimum absolute atomic E-state index is 0.00986. The van der Waals surface area contributed by atoms with Gasteiger partial charge in [-0.1, -0.05) is 41.5 Å². The van der Waals surface area contributed by atoms with Gasteiger partial charge in [0.15, 0.2) is 0 Å². The first-order valence-electron chi connectivity index (χ1n) is 10.7. The van der Waals surface area contributed by atoms with Gasteiger partial charge in [0.25, 0.3) is 0 Å². The summed E-state index contributed by atoms with van der Waals surface area (Å²) < 4.78 is 0. The molecule has 0 saturated carbocycles. The Morgan fingerprint density at radius 3 is 0.833 bits per heavy atom. The summed E-state index contributed by atoms with van der Waals surface area (Å²) in [5.41, 5.74) is 0. The SMILES string of the molecule is [CH2]CC(N(CCC)CCC)(N(CCC)CCC)N(CCC)CCC. The molecular formula is C21H46N3. The molecule has 0 spiro atoms. The van der Waals surface area contributed by atoms with Crippen molar-refractivity contribution in [2.45, 2.75) is 92.3 Å². The van der Waals surface area contributed by atoms with Crippen molar-refractivity contribution in [1.29, 1.82) is 0 Å². The summed E-state index contributed by atoms with van der Waals surface area (Å²) in [5.74, 6) is -0.00986. The quantitative estimate of drug-likeness (QED) is 0.356. The maximum absolute atomic E-state index is 4.49. The molecule has 0 atom stereocenters. The molecule has 1 radical (unpaired) electrons. The van der Waals surface area contributed by atoms with Gasteiger partial charge in [-0.2, -0.15) is 0 Å². The van der Waals surface area contributed by atoms with E-state index in [0.717, 1.165) is 45.7 Å². The number of hydrogen-bond donors (Lipinski definition) is 0. The van der Waals surface area contributed by atoms with Gasteiger partial charge < -0.3 is 0 Å². The van der Waals surface area contributed by atoms with Gasteiger partial charge in [0.05, 0.1) is 0 Å². The fourth-order valence-corrected chi connectivity index (χ4v) is 4.10. The van der Waals surface area contributed by atoms with Crippen molar-refractivity contribution in [2.24, 2.45) is 0 Å². The summed E-state index contributed by atoms with van der Waals surface area (Å²) in [7, 11) is 0. The first kappa shape index (κ1) is 23.9. The zero-order valence-electron chi connectivity index (χ0n) is 17.7. The van der Waals surface area contributed by atoms with E-state index < -0.39 is 0 Å². The Labute approximate surface area is 153 Å². The molecule has 3 nitrogen and oxygen atoms in total. The number of nitrogens with zero attached hydrogens (tertiary/aromatic N) is 3. The maximum atomic E-state index is 4.49. The van der Waals surface area contributed by atoms with E-state index in [1.54, 1.807) is 0 Å². The second-order valence-electron chi connectivity index (χ2n) is 6.99. The molecule has 0 N–H and O–H groups in total. The number of rotatable bonds is 16. The van der Waals surface area contributed by atoms with Crippen molar-refractivity contribution < 1.29 is 0 Å². The lowest BCUT2D eigenvalue weighted by Gasteiger charge is -2.57. The molecule has 3 heteroatoms. The molecule has 0 saturated heterocycles. The van der Waals surface area contributed by atoms with E-state index in [0.29, 0.717) is 0 Å². The van der Waals surface area contributed by atoms with Crippen LogP contribution < -0.4 is 0 Å². The van der Waals surface area contributed by atoms with Crippen LogP contribution in [0.4, 0.5) is 0 Å². The van der Waals surface area contributed by atoms with Gasteiger partial charge in [0, 0.05) is 39.3 Å². The van der Waals surface area contributed by atoms with E-state index in [-0.39, 0.29) is 5.79 Å². The second kappa shape index (κ2) is 14.1. The smallest absolute Gasteiger partial charge is 0.131 e. The standard InChI is InChI=1S/C21H46N3/c1-8-15-22(16-9-2)21(14-7,23(17-10-3)18-11-4)24(19-12-5)20-13-6/h7-20H2,1-6H3.